The van der Waals surface area contributed by atoms with E-state index >= 15 is 0 Å². The zero-order chi connectivity index (χ0) is 24.8. The molecule has 2 aromatic carbocycles. The Labute approximate surface area is 195 Å². The molecule has 0 radical (unpaired) electrons. The lowest BCUT2D eigenvalue weighted by atomic mass is 10.1. The van der Waals surface area contributed by atoms with Gasteiger partial charge < -0.3 is 10.2 Å². The van der Waals surface area contributed by atoms with Crippen LogP contribution in [0, 0.1) is 19.7 Å². The van der Waals surface area contributed by atoms with Crippen molar-refractivity contribution in [3.05, 3.63) is 65.0 Å². The van der Waals surface area contributed by atoms with Gasteiger partial charge >= 0.3 is 0 Å². The van der Waals surface area contributed by atoms with Crippen LogP contribution in [-0.2, 0) is 26.2 Å². The molecule has 33 heavy (non-hydrogen) atoms. The number of anilines is 1. The first-order valence-electron chi connectivity index (χ1n) is 10.7. The van der Waals surface area contributed by atoms with Gasteiger partial charge in [-0.05, 0) is 56.5 Å². The van der Waals surface area contributed by atoms with E-state index in [1.54, 1.807) is 37.3 Å². The van der Waals surface area contributed by atoms with Gasteiger partial charge in [-0.15, -0.1) is 0 Å². The van der Waals surface area contributed by atoms with E-state index in [0.717, 1.165) is 17.4 Å². The van der Waals surface area contributed by atoms with Crippen molar-refractivity contribution in [3.8, 4) is 0 Å². The third kappa shape index (κ3) is 7.28. The Hall–Kier alpha value is -2.94. The molecule has 1 N–H and O–H groups in total. The Morgan fingerprint density at radius 3 is 2.24 bits per heavy atom. The Bertz CT molecular complexity index is 1080. The second-order valence-corrected chi connectivity index (χ2v) is 10.1. The molecule has 180 valence electrons. The molecule has 7 nitrogen and oxygen atoms in total. The van der Waals surface area contributed by atoms with Crippen LogP contribution in [0.3, 0.4) is 0 Å². The maximum atomic E-state index is 14.2. The SMILES string of the molecule is CNC(=O)[C@H](C)N(Cc1ccccc1F)C(=O)CCCN(c1cc(C)cc(C)c1)S(C)(=O)=O. The Kier molecular flexibility index (Phi) is 8.99. The average molecular weight is 478 g/mol. The monoisotopic (exact) mass is 477 g/mol. The fraction of sp³-hybridized carbons (Fsp3) is 0.417. The van der Waals surface area contributed by atoms with Crippen molar-refractivity contribution in [1.82, 2.24) is 10.2 Å². The molecule has 2 aromatic rings. The Morgan fingerprint density at radius 1 is 1.09 bits per heavy atom. The van der Waals surface area contributed by atoms with Gasteiger partial charge in [-0.3, -0.25) is 13.9 Å². The number of hydrogen-bond acceptors (Lipinski definition) is 4. The first kappa shape index (κ1) is 26.3. The molecule has 1 atom stereocenters. The predicted octanol–water partition coefficient (Wildman–Crippen LogP) is 3.15. The van der Waals surface area contributed by atoms with Crippen LogP contribution >= 0.6 is 0 Å². The second kappa shape index (κ2) is 11.3. The summed E-state index contributed by atoms with van der Waals surface area (Å²) in [6.45, 7) is 5.40. The number of aryl methyl sites for hydroxylation is 2. The lowest BCUT2D eigenvalue weighted by molar-refractivity contribution is -0.140. The normalized spacial score (nSPS) is 12.2. The van der Waals surface area contributed by atoms with Gasteiger partial charge in [0, 0.05) is 32.1 Å². The van der Waals surface area contributed by atoms with Crippen molar-refractivity contribution in [2.75, 3.05) is 24.2 Å². The standard InChI is InChI=1S/C24H32FN3O4S/c1-17-13-18(2)15-21(14-17)28(33(5,31)32)12-8-11-23(29)27(19(3)24(30)26-4)16-20-9-6-7-10-22(20)25/h6-7,9-10,13-15,19H,8,11-12,16H2,1-5H3,(H,26,30)/t19-/m0/s1. The minimum absolute atomic E-state index is 0.00655. The quantitative estimate of drug-likeness (QED) is 0.570. The Balaban J connectivity index is 2.18. The highest BCUT2D eigenvalue weighted by molar-refractivity contribution is 7.92. The van der Waals surface area contributed by atoms with Crippen LogP contribution in [0.4, 0.5) is 10.1 Å². The summed E-state index contributed by atoms with van der Waals surface area (Å²) in [7, 11) is -2.09. The summed E-state index contributed by atoms with van der Waals surface area (Å²) in [6.07, 6.45) is 1.38. The molecule has 9 heteroatoms. The number of carbonyl (C=O) groups is 2. The van der Waals surface area contributed by atoms with Gasteiger partial charge in [0.05, 0.1) is 11.9 Å². The van der Waals surface area contributed by atoms with E-state index in [-0.39, 0.29) is 37.7 Å². The smallest absolute Gasteiger partial charge is 0.242 e. The molecule has 0 aliphatic rings. The van der Waals surface area contributed by atoms with E-state index in [4.69, 9.17) is 0 Å². The summed E-state index contributed by atoms with van der Waals surface area (Å²) in [5.74, 6) is -1.19. The van der Waals surface area contributed by atoms with Gasteiger partial charge in [0.25, 0.3) is 0 Å². The van der Waals surface area contributed by atoms with Crippen molar-refractivity contribution >= 4 is 27.5 Å². The number of hydrogen-bond donors (Lipinski definition) is 1. The summed E-state index contributed by atoms with van der Waals surface area (Å²) in [5, 5.41) is 2.51. The molecule has 0 fully saturated rings. The van der Waals surface area contributed by atoms with E-state index in [2.05, 4.69) is 5.32 Å². The van der Waals surface area contributed by atoms with Crippen molar-refractivity contribution in [3.63, 3.8) is 0 Å². The summed E-state index contributed by atoms with van der Waals surface area (Å²) in [6, 6.07) is 10.8. The van der Waals surface area contributed by atoms with E-state index in [9.17, 15) is 22.4 Å². The number of nitrogens with one attached hydrogen (secondary N) is 1. The number of nitrogens with zero attached hydrogens (tertiary/aromatic N) is 2. The highest BCUT2D eigenvalue weighted by Gasteiger charge is 2.26. The van der Waals surface area contributed by atoms with Gasteiger partial charge in [-0.25, -0.2) is 12.8 Å². The molecule has 0 unspecified atom stereocenters. The largest absolute Gasteiger partial charge is 0.357 e. The molecular formula is C24H32FN3O4S. The number of likely N-dealkylation sites (N-methyl/N-ethyl adjacent to an activating group) is 1. The molecule has 0 aromatic heterocycles. The van der Waals surface area contributed by atoms with Gasteiger partial charge in [0.15, 0.2) is 0 Å². The zero-order valence-corrected chi connectivity index (χ0v) is 20.6. The lowest BCUT2D eigenvalue weighted by Gasteiger charge is -2.29. The molecular weight excluding hydrogens is 445 g/mol. The van der Waals surface area contributed by atoms with E-state index in [0.29, 0.717) is 11.3 Å². The fourth-order valence-corrected chi connectivity index (χ4v) is 4.65. The second-order valence-electron chi connectivity index (χ2n) is 8.19. The van der Waals surface area contributed by atoms with E-state index in [1.165, 1.54) is 22.3 Å². The van der Waals surface area contributed by atoms with Crippen molar-refractivity contribution in [2.45, 2.75) is 46.2 Å². The predicted molar refractivity (Wildman–Crippen MR) is 128 cm³/mol. The van der Waals surface area contributed by atoms with Crippen LogP contribution < -0.4 is 9.62 Å². The molecule has 0 saturated heterocycles. The number of sulfonamides is 1. The molecule has 2 amide bonds. The summed E-state index contributed by atoms with van der Waals surface area (Å²) < 4.78 is 40.3. The first-order chi connectivity index (χ1) is 15.4. The summed E-state index contributed by atoms with van der Waals surface area (Å²) >= 11 is 0. The van der Waals surface area contributed by atoms with E-state index < -0.39 is 21.9 Å². The summed E-state index contributed by atoms with van der Waals surface area (Å²) in [5.41, 5.74) is 2.72. The third-order valence-corrected chi connectivity index (χ3v) is 6.55. The van der Waals surface area contributed by atoms with Crippen LogP contribution in [-0.4, -0.2) is 51.0 Å². The van der Waals surface area contributed by atoms with Crippen LogP contribution in [0.15, 0.2) is 42.5 Å². The maximum Gasteiger partial charge on any atom is 0.242 e. The lowest BCUT2D eigenvalue weighted by Crippen LogP contribution is -2.47. The highest BCUT2D eigenvalue weighted by atomic mass is 32.2. The maximum absolute atomic E-state index is 14.2. The minimum Gasteiger partial charge on any atom is -0.357 e. The molecule has 0 bridgehead atoms. The number of halogens is 1. The van der Waals surface area contributed by atoms with E-state index in [1.807, 2.05) is 19.9 Å². The van der Waals surface area contributed by atoms with Crippen molar-refractivity contribution in [1.29, 1.82) is 0 Å². The molecule has 0 heterocycles. The molecule has 0 aliphatic carbocycles. The van der Waals surface area contributed by atoms with Crippen LogP contribution in [0.2, 0.25) is 0 Å². The number of rotatable bonds is 10. The summed E-state index contributed by atoms with van der Waals surface area (Å²) in [4.78, 5) is 26.6. The van der Waals surface area contributed by atoms with Crippen LogP contribution in [0.1, 0.15) is 36.5 Å². The van der Waals surface area contributed by atoms with Gasteiger partial charge in [-0.2, -0.15) is 0 Å². The zero-order valence-electron chi connectivity index (χ0n) is 19.8. The van der Waals surface area contributed by atoms with Crippen LogP contribution in [0.25, 0.3) is 0 Å². The highest BCUT2D eigenvalue weighted by Crippen LogP contribution is 2.22. The number of carbonyl (C=O) groups excluding carboxylic acids is 2. The van der Waals surface area contributed by atoms with Gasteiger partial charge in [-0.1, -0.05) is 24.3 Å². The van der Waals surface area contributed by atoms with Gasteiger partial charge in [0.2, 0.25) is 21.8 Å². The first-order valence-corrected chi connectivity index (χ1v) is 12.6. The van der Waals surface area contributed by atoms with Gasteiger partial charge in [0.1, 0.15) is 11.9 Å². The number of amides is 2. The van der Waals surface area contributed by atoms with Crippen molar-refractivity contribution in [2.24, 2.45) is 0 Å². The third-order valence-electron chi connectivity index (χ3n) is 5.36. The topological polar surface area (TPSA) is 86.8 Å². The molecule has 0 saturated carbocycles. The molecule has 2 rings (SSSR count). The minimum atomic E-state index is -3.56. The van der Waals surface area contributed by atoms with Crippen molar-refractivity contribution < 1.29 is 22.4 Å². The number of benzene rings is 2. The Morgan fingerprint density at radius 2 is 1.70 bits per heavy atom. The van der Waals surface area contributed by atoms with Crippen LogP contribution in [0.5, 0.6) is 0 Å². The average Bonchev–Trinajstić information content (AvgIpc) is 2.73. The molecule has 0 spiro atoms. The fourth-order valence-electron chi connectivity index (χ4n) is 3.70. The molecule has 0 aliphatic heterocycles.